The van der Waals surface area contributed by atoms with Gasteiger partial charge in [-0.15, -0.1) is 0 Å². The van der Waals surface area contributed by atoms with E-state index in [1.54, 1.807) is 12.2 Å². The summed E-state index contributed by atoms with van der Waals surface area (Å²) in [7, 11) is 0. The maximum atomic E-state index is 11.5. The van der Waals surface area contributed by atoms with E-state index < -0.39 is 15.9 Å². The van der Waals surface area contributed by atoms with Crippen molar-refractivity contribution in [3.05, 3.63) is 24.3 Å². The SMILES string of the molecule is O=C([O-])CNC(=O)C1(I)C=CC=CC1.[Na+]. The summed E-state index contributed by atoms with van der Waals surface area (Å²) in [6.07, 6.45) is 7.81. The van der Waals surface area contributed by atoms with E-state index >= 15 is 0 Å². The molecule has 1 unspecified atom stereocenters. The minimum atomic E-state index is -1.28. The molecule has 15 heavy (non-hydrogen) atoms. The number of nitrogens with one attached hydrogen (secondary N) is 1. The second kappa shape index (κ2) is 6.67. The first-order chi connectivity index (χ1) is 6.54. The molecule has 1 rings (SSSR count). The molecule has 0 radical (unpaired) electrons. The molecule has 0 aromatic rings. The van der Waals surface area contributed by atoms with Crippen molar-refractivity contribution in [2.45, 2.75) is 9.84 Å². The van der Waals surface area contributed by atoms with Gasteiger partial charge in [0, 0.05) is 0 Å². The maximum absolute atomic E-state index is 11.5. The number of amides is 1. The molecule has 0 bridgehead atoms. The van der Waals surface area contributed by atoms with E-state index in [1.165, 1.54) is 0 Å². The number of carboxylic acid groups (broad SMARTS) is 1. The van der Waals surface area contributed by atoms with Gasteiger partial charge in [-0.1, -0.05) is 46.9 Å². The van der Waals surface area contributed by atoms with Crippen LogP contribution in [0.1, 0.15) is 6.42 Å². The number of carbonyl (C=O) groups is 2. The van der Waals surface area contributed by atoms with Gasteiger partial charge in [-0.05, 0) is 6.42 Å². The largest absolute Gasteiger partial charge is 1.00 e. The molecule has 0 saturated heterocycles. The van der Waals surface area contributed by atoms with E-state index in [9.17, 15) is 14.7 Å². The van der Waals surface area contributed by atoms with Crippen molar-refractivity contribution in [2.24, 2.45) is 0 Å². The molecule has 0 aromatic heterocycles. The molecular formula is C9H9INNaO3. The molecule has 1 N–H and O–H groups in total. The number of aliphatic carboxylic acids is 1. The number of carboxylic acids is 1. The van der Waals surface area contributed by atoms with Crippen LogP contribution >= 0.6 is 22.6 Å². The molecule has 1 amide bonds. The number of halogens is 1. The fraction of sp³-hybridized carbons (Fsp3) is 0.333. The Balaban J connectivity index is 0.00000196. The van der Waals surface area contributed by atoms with Crippen molar-refractivity contribution in [2.75, 3.05) is 6.54 Å². The first kappa shape index (κ1) is 15.2. The molecule has 0 fully saturated rings. The zero-order valence-corrected chi connectivity index (χ0v) is 12.5. The Labute approximate surface area is 124 Å². The summed E-state index contributed by atoms with van der Waals surface area (Å²) in [6.45, 7) is -0.443. The molecule has 1 aliphatic carbocycles. The molecule has 4 nitrogen and oxygen atoms in total. The van der Waals surface area contributed by atoms with E-state index in [0.717, 1.165) is 0 Å². The van der Waals surface area contributed by atoms with Crippen molar-refractivity contribution in [3.8, 4) is 0 Å². The Morgan fingerprint density at radius 3 is 2.60 bits per heavy atom. The van der Waals surface area contributed by atoms with Crippen LogP contribution in [0.25, 0.3) is 0 Å². The number of rotatable bonds is 3. The van der Waals surface area contributed by atoms with Gasteiger partial charge in [-0.3, -0.25) is 4.79 Å². The Bertz CT molecular complexity index is 316. The van der Waals surface area contributed by atoms with Gasteiger partial charge >= 0.3 is 29.6 Å². The minimum absolute atomic E-state index is 0. The third-order valence-electron chi connectivity index (χ3n) is 1.79. The Hall–Kier alpha value is 0.150. The van der Waals surface area contributed by atoms with Crippen LogP contribution in [-0.4, -0.2) is 21.8 Å². The zero-order valence-electron chi connectivity index (χ0n) is 8.33. The third-order valence-corrected chi connectivity index (χ3v) is 3.08. The van der Waals surface area contributed by atoms with Gasteiger partial charge in [-0.2, -0.15) is 0 Å². The fourth-order valence-corrected chi connectivity index (χ4v) is 1.71. The second-order valence-corrected chi connectivity index (χ2v) is 4.83. The number of allylic oxidation sites excluding steroid dienone is 3. The average molecular weight is 329 g/mol. The van der Waals surface area contributed by atoms with Crippen molar-refractivity contribution < 1.29 is 44.3 Å². The summed E-state index contributed by atoms with van der Waals surface area (Å²) >= 11 is 2.00. The molecule has 0 saturated carbocycles. The van der Waals surface area contributed by atoms with Crippen molar-refractivity contribution >= 4 is 34.5 Å². The van der Waals surface area contributed by atoms with Gasteiger partial charge in [0.05, 0.1) is 12.5 Å². The van der Waals surface area contributed by atoms with E-state index in [-0.39, 0.29) is 35.5 Å². The minimum Gasteiger partial charge on any atom is -0.548 e. The smallest absolute Gasteiger partial charge is 0.548 e. The van der Waals surface area contributed by atoms with Gasteiger partial charge in [0.15, 0.2) is 0 Å². The number of alkyl halides is 1. The standard InChI is InChI=1S/C9H10INO3.Na/c10-9(4-2-1-3-5-9)8(14)11-6-7(12)13;/h1-4H,5-6H2,(H,11,14)(H,12,13);/q;+1/p-1. The molecule has 6 heteroatoms. The van der Waals surface area contributed by atoms with Crippen LogP contribution in [0.2, 0.25) is 0 Å². The van der Waals surface area contributed by atoms with Crippen LogP contribution in [0.5, 0.6) is 0 Å². The van der Waals surface area contributed by atoms with Gasteiger partial charge in [-0.25, -0.2) is 0 Å². The maximum Gasteiger partial charge on any atom is 1.00 e. The number of hydrogen-bond donors (Lipinski definition) is 1. The molecule has 1 aliphatic rings. The van der Waals surface area contributed by atoms with Gasteiger partial charge in [0.2, 0.25) is 5.91 Å². The first-order valence-electron chi connectivity index (χ1n) is 4.06. The first-order valence-corrected chi connectivity index (χ1v) is 5.14. The summed E-state index contributed by atoms with van der Waals surface area (Å²) in [4.78, 5) is 21.7. The van der Waals surface area contributed by atoms with E-state index in [4.69, 9.17) is 0 Å². The van der Waals surface area contributed by atoms with E-state index in [0.29, 0.717) is 6.42 Å². The predicted octanol–water partition coefficient (Wildman–Crippen LogP) is -3.45. The fourth-order valence-electron chi connectivity index (χ4n) is 1.06. The van der Waals surface area contributed by atoms with Gasteiger partial charge in [0.1, 0.15) is 3.42 Å². The molecule has 0 heterocycles. The third kappa shape index (κ3) is 4.67. The quantitative estimate of drug-likeness (QED) is 0.333. The van der Waals surface area contributed by atoms with Gasteiger partial charge < -0.3 is 15.2 Å². The van der Waals surface area contributed by atoms with E-state index in [1.807, 2.05) is 34.7 Å². The molecule has 0 aromatic carbocycles. The van der Waals surface area contributed by atoms with Crippen LogP contribution < -0.4 is 40.0 Å². The summed E-state index contributed by atoms with van der Waals surface area (Å²) < 4.78 is -0.665. The molecule has 76 valence electrons. The Kier molecular flexibility index (Phi) is 6.74. The summed E-state index contributed by atoms with van der Waals surface area (Å²) in [5, 5.41) is 12.4. The summed E-state index contributed by atoms with van der Waals surface area (Å²) in [5.74, 6) is -1.59. The predicted molar refractivity (Wildman–Crippen MR) is 57.7 cm³/mol. The van der Waals surface area contributed by atoms with E-state index in [2.05, 4.69) is 5.32 Å². The average Bonchev–Trinajstić information content (AvgIpc) is 2.15. The monoisotopic (exact) mass is 329 g/mol. The molecular weight excluding hydrogens is 320 g/mol. The van der Waals surface area contributed by atoms with Crippen LogP contribution in [-0.2, 0) is 9.59 Å². The van der Waals surface area contributed by atoms with Gasteiger partial charge in [0.25, 0.3) is 0 Å². The Morgan fingerprint density at radius 1 is 1.47 bits per heavy atom. The topological polar surface area (TPSA) is 69.2 Å². The van der Waals surface area contributed by atoms with Crippen molar-refractivity contribution in [3.63, 3.8) is 0 Å². The van der Waals surface area contributed by atoms with Crippen LogP contribution in [0.4, 0.5) is 0 Å². The van der Waals surface area contributed by atoms with Crippen molar-refractivity contribution in [1.29, 1.82) is 0 Å². The number of hydrogen-bond acceptors (Lipinski definition) is 3. The normalized spacial score (nSPS) is 23.0. The molecule has 1 atom stereocenters. The van der Waals surface area contributed by atoms with Crippen LogP contribution in [0.3, 0.4) is 0 Å². The second-order valence-electron chi connectivity index (χ2n) is 2.91. The summed E-state index contributed by atoms with van der Waals surface area (Å²) in [6, 6.07) is 0. The zero-order chi connectivity index (χ0) is 10.6. The van der Waals surface area contributed by atoms with Crippen LogP contribution in [0, 0.1) is 0 Å². The molecule has 0 aliphatic heterocycles. The summed E-state index contributed by atoms with van der Waals surface area (Å²) in [5.41, 5.74) is 0. The molecule has 0 spiro atoms. The number of carbonyl (C=O) groups excluding carboxylic acids is 2. The van der Waals surface area contributed by atoms with Crippen LogP contribution in [0.15, 0.2) is 24.3 Å². The Morgan fingerprint density at radius 2 is 2.13 bits per heavy atom. The van der Waals surface area contributed by atoms with Crippen molar-refractivity contribution in [1.82, 2.24) is 5.32 Å².